The Balaban J connectivity index is 2.00. The molecule has 0 saturated heterocycles. The van der Waals surface area contributed by atoms with Crippen molar-refractivity contribution in [2.75, 3.05) is 0 Å². The molecule has 0 fully saturated rings. The third-order valence-corrected chi connectivity index (χ3v) is 4.66. The van der Waals surface area contributed by atoms with Gasteiger partial charge in [-0.3, -0.25) is 9.59 Å². The molecule has 0 amide bonds. The first kappa shape index (κ1) is 14.6. The van der Waals surface area contributed by atoms with Crippen molar-refractivity contribution in [3.05, 3.63) is 96.1 Å². The standard InChI is InChI=1S/C22H16O2/c23-18-11-13-22(14-12-18)15-19(24)20(16-7-3-1-4-8-16)21(22)17-9-5-2-6-10-17/h1-14H,15H2. The number of rotatable bonds is 2. The van der Waals surface area contributed by atoms with Gasteiger partial charge in [-0.15, -0.1) is 0 Å². The molecular formula is C22H16O2. The molecule has 0 saturated carbocycles. The van der Waals surface area contributed by atoms with Crippen molar-refractivity contribution < 1.29 is 9.59 Å². The molecule has 4 rings (SSSR count). The van der Waals surface area contributed by atoms with Crippen LogP contribution in [0.3, 0.4) is 0 Å². The maximum absolute atomic E-state index is 12.9. The molecule has 0 aliphatic heterocycles. The Bertz CT molecular complexity index is 884. The Hall–Kier alpha value is -3.00. The van der Waals surface area contributed by atoms with E-state index in [0.29, 0.717) is 6.42 Å². The summed E-state index contributed by atoms with van der Waals surface area (Å²) in [5.41, 5.74) is 3.16. The van der Waals surface area contributed by atoms with Crippen molar-refractivity contribution in [1.29, 1.82) is 0 Å². The van der Waals surface area contributed by atoms with Gasteiger partial charge in [0.05, 0.1) is 0 Å². The van der Waals surface area contributed by atoms with E-state index in [2.05, 4.69) is 0 Å². The van der Waals surface area contributed by atoms with Crippen molar-refractivity contribution in [1.82, 2.24) is 0 Å². The highest BCUT2D eigenvalue weighted by Crippen LogP contribution is 2.52. The van der Waals surface area contributed by atoms with Gasteiger partial charge in [-0.05, 0) is 28.9 Å². The summed E-state index contributed by atoms with van der Waals surface area (Å²) in [7, 11) is 0. The quantitative estimate of drug-likeness (QED) is 0.830. The van der Waals surface area contributed by atoms with Gasteiger partial charge in [0.25, 0.3) is 0 Å². The van der Waals surface area contributed by atoms with E-state index in [1.54, 1.807) is 12.2 Å². The fraction of sp³-hybridized carbons (Fsp3) is 0.0909. The van der Waals surface area contributed by atoms with E-state index in [4.69, 9.17) is 0 Å². The van der Waals surface area contributed by atoms with Crippen LogP contribution in [0.15, 0.2) is 85.0 Å². The van der Waals surface area contributed by atoms with Gasteiger partial charge in [0, 0.05) is 17.4 Å². The summed E-state index contributed by atoms with van der Waals surface area (Å²) in [5, 5.41) is 0. The summed E-state index contributed by atoms with van der Waals surface area (Å²) in [6.07, 6.45) is 7.27. The first-order valence-electron chi connectivity index (χ1n) is 8.01. The van der Waals surface area contributed by atoms with Gasteiger partial charge in [-0.25, -0.2) is 0 Å². The van der Waals surface area contributed by atoms with Gasteiger partial charge in [-0.1, -0.05) is 72.8 Å². The van der Waals surface area contributed by atoms with E-state index in [0.717, 1.165) is 22.3 Å². The fourth-order valence-electron chi connectivity index (χ4n) is 3.60. The SMILES string of the molecule is O=C1C=CC2(C=C1)CC(=O)C(c1ccccc1)=C2c1ccccc1. The van der Waals surface area contributed by atoms with Crippen LogP contribution >= 0.6 is 0 Å². The van der Waals surface area contributed by atoms with Gasteiger partial charge in [0.2, 0.25) is 0 Å². The van der Waals surface area contributed by atoms with E-state index in [1.807, 2.05) is 72.8 Å². The summed E-state index contributed by atoms with van der Waals surface area (Å²) in [4.78, 5) is 24.5. The monoisotopic (exact) mass is 312 g/mol. The zero-order chi connectivity index (χ0) is 16.6. The van der Waals surface area contributed by atoms with E-state index < -0.39 is 5.41 Å². The number of ketones is 2. The second kappa shape index (κ2) is 5.57. The van der Waals surface area contributed by atoms with E-state index in [9.17, 15) is 9.59 Å². The third kappa shape index (κ3) is 2.28. The molecular weight excluding hydrogens is 296 g/mol. The average molecular weight is 312 g/mol. The molecule has 0 bridgehead atoms. The predicted molar refractivity (Wildman–Crippen MR) is 95.0 cm³/mol. The van der Waals surface area contributed by atoms with Crippen LogP contribution in [-0.2, 0) is 9.59 Å². The molecule has 0 unspecified atom stereocenters. The molecule has 2 aromatic rings. The van der Waals surface area contributed by atoms with Crippen molar-refractivity contribution in [3.63, 3.8) is 0 Å². The number of Topliss-reactive ketones (excluding diaryl/α,β-unsaturated/α-hetero) is 1. The highest BCUT2D eigenvalue weighted by Gasteiger charge is 2.43. The summed E-state index contributed by atoms with van der Waals surface area (Å²) >= 11 is 0. The minimum absolute atomic E-state index is 0.0337. The third-order valence-electron chi connectivity index (χ3n) is 4.66. The van der Waals surface area contributed by atoms with Crippen LogP contribution in [0.25, 0.3) is 11.1 Å². The molecule has 2 aliphatic rings. The number of hydrogen-bond acceptors (Lipinski definition) is 2. The fourth-order valence-corrected chi connectivity index (χ4v) is 3.60. The smallest absolute Gasteiger partial charge is 0.178 e. The Labute approximate surface area is 140 Å². The highest BCUT2D eigenvalue weighted by molar-refractivity contribution is 6.33. The maximum atomic E-state index is 12.9. The molecule has 2 aliphatic carbocycles. The van der Waals surface area contributed by atoms with Crippen LogP contribution in [0.2, 0.25) is 0 Å². The summed E-state index contributed by atoms with van der Waals surface area (Å²) in [5.74, 6) is 0.0809. The predicted octanol–water partition coefficient (Wildman–Crippen LogP) is 4.25. The number of carbonyl (C=O) groups is 2. The molecule has 0 aromatic heterocycles. The number of carbonyl (C=O) groups excluding carboxylic acids is 2. The summed E-state index contributed by atoms with van der Waals surface area (Å²) in [6, 6.07) is 19.7. The van der Waals surface area contributed by atoms with Gasteiger partial charge < -0.3 is 0 Å². The van der Waals surface area contributed by atoms with Crippen LogP contribution < -0.4 is 0 Å². The Kier molecular flexibility index (Phi) is 3.39. The summed E-state index contributed by atoms with van der Waals surface area (Å²) in [6.45, 7) is 0. The normalized spacial score (nSPS) is 18.7. The molecule has 116 valence electrons. The second-order valence-corrected chi connectivity index (χ2v) is 6.19. The molecule has 0 atom stereocenters. The maximum Gasteiger partial charge on any atom is 0.178 e. The second-order valence-electron chi connectivity index (χ2n) is 6.19. The Morgan fingerprint density at radius 1 is 0.708 bits per heavy atom. The number of hydrogen-bond donors (Lipinski definition) is 0. The van der Waals surface area contributed by atoms with Gasteiger partial charge in [-0.2, -0.15) is 0 Å². The van der Waals surface area contributed by atoms with E-state index in [1.165, 1.54) is 0 Å². The van der Waals surface area contributed by atoms with Gasteiger partial charge in [0.15, 0.2) is 11.6 Å². The van der Waals surface area contributed by atoms with Gasteiger partial charge >= 0.3 is 0 Å². The lowest BCUT2D eigenvalue weighted by atomic mass is 9.75. The summed E-state index contributed by atoms with van der Waals surface area (Å²) < 4.78 is 0. The lowest BCUT2D eigenvalue weighted by Crippen LogP contribution is -2.18. The van der Waals surface area contributed by atoms with Crippen LogP contribution in [0, 0.1) is 5.41 Å². The molecule has 1 spiro atoms. The Morgan fingerprint density at radius 2 is 1.25 bits per heavy atom. The molecule has 0 N–H and O–H groups in total. The molecule has 2 aromatic carbocycles. The number of benzene rings is 2. The lowest BCUT2D eigenvalue weighted by molar-refractivity contribution is -0.114. The minimum atomic E-state index is -0.530. The van der Waals surface area contributed by atoms with Crippen molar-refractivity contribution in [3.8, 4) is 0 Å². The minimum Gasteiger partial charge on any atom is -0.294 e. The van der Waals surface area contributed by atoms with Crippen LogP contribution in [0.4, 0.5) is 0 Å². The van der Waals surface area contributed by atoms with Crippen LogP contribution in [0.5, 0.6) is 0 Å². The highest BCUT2D eigenvalue weighted by atomic mass is 16.1. The van der Waals surface area contributed by atoms with Crippen LogP contribution in [0.1, 0.15) is 17.5 Å². The Morgan fingerprint density at radius 3 is 1.83 bits per heavy atom. The van der Waals surface area contributed by atoms with E-state index in [-0.39, 0.29) is 11.6 Å². The average Bonchev–Trinajstić information content (AvgIpc) is 2.91. The van der Waals surface area contributed by atoms with Gasteiger partial charge in [0.1, 0.15) is 0 Å². The van der Waals surface area contributed by atoms with Crippen molar-refractivity contribution >= 4 is 22.7 Å². The zero-order valence-corrected chi connectivity index (χ0v) is 13.1. The largest absolute Gasteiger partial charge is 0.294 e. The van der Waals surface area contributed by atoms with Crippen LogP contribution in [-0.4, -0.2) is 11.6 Å². The molecule has 0 radical (unpaired) electrons. The lowest BCUT2D eigenvalue weighted by Gasteiger charge is -2.27. The van der Waals surface area contributed by atoms with Crippen molar-refractivity contribution in [2.45, 2.75) is 6.42 Å². The molecule has 0 heterocycles. The van der Waals surface area contributed by atoms with Crippen molar-refractivity contribution in [2.24, 2.45) is 5.41 Å². The zero-order valence-electron chi connectivity index (χ0n) is 13.1. The first-order valence-corrected chi connectivity index (χ1v) is 8.01. The molecule has 2 nitrogen and oxygen atoms in total. The molecule has 2 heteroatoms. The van der Waals surface area contributed by atoms with E-state index >= 15 is 0 Å². The topological polar surface area (TPSA) is 34.1 Å². The first-order chi connectivity index (χ1) is 11.7. The number of allylic oxidation sites excluding steroid dienone is 6. The molecule has 24 heavy (non-hydrogen) atoms.